The number of nitrogens with two attached hydrogens (primary N) is 1. The third-order valence-corrected chi connectivity index (χ3v) is 3.58. The highest BCUT2D eigenvalue weighted by molar-refractivity contribution is 5.38. The molecule has 0 saturated heterocycles. The van der Waals surface area contributed by atoms with Crippen LogP contribution in [-0.2, 0) is 0 Å². The number of benzene rings is 2. The Balaban J connectivity index is 2.47. The lowest BCUT2D eigenvalue weighted by atomic mass is 9.82. The van der Waals surface area contributed by atoms with E-state index in [2.05, 4.69) is 68.4 Å². The van der Waals surface area contributed by atoms with E-state index >= 15 is 0 Å². The minimum absolute atomic E-state index is 0.161. The van der Waals surface area contributed by atoms with Gasteiger partial charge in [-0.1, -0.05) is 61.5 Å². The van der Waals surface area contributed by atoms with Crippen molar-refractivity contribution in [2.75, 3.05) is 0 Å². The Kier molecular flexibility index (Phi) is 4.16. The molecule has 0 saturated carbocycles. The summed E-state index contributed by atoms with van der Waals surface area (Å²) in [6.45, 7) is 4.31. The molecule has 0 aromatic heterocycles. The Morgan fingerprint density at radius 2 is 1.56 bits per heavy atom. The van der Waals surface area contributed by atoms with Crippen LogP contribution in [0.4, 0.5) is 0 Å². The van der Waals surface area contributed by atoms with Crippen LogP contribution in [0, 0.1) is 6.92 Å². The van der Waals surface area contributed by atoms with Gasteiger partial charge < -0.3 is 5.73 Å². The Bertz CT molecular complexity index is 490. The van der Waals surface area contributed by atoms with Crippen LogP contribution in [0.25, 0.3) is 0 Å². The van der Waals surface area contributed by atoms with E-state index in [0.717, 1.165) is 6.42 Å². The second kappa shape index (κ2) is 5.83. The van der Waals surface area contributed by atoms with E-state index in [4.69, 9.17) is 5.73 Å². The Morgan fingerprint density at radius 3 is 2.17 bits per heavy atom. The van der Waals surface area contributed by atoms with Crippen molar-refractivity contribution in [3.8, 4) is 0 Å². The minimum Gasteiger partial charge on any atom is -0.327 e. The smallest absolute Gasteiger partial charge is 0.0243 e. The molecule has 0 amide bonds. The largest absolute Gasteiger partial charge is 0.327 e. The van der Waals surface area contributed by atoms with Gasteiger partial charge in [0, 0.05) is 12.0 Å². The average Bonchev–Trinajstić information content (AvgIpc) is 2.42. The highest BCUT2D eigenvalue weighted by Gasteiger charge is 2.21. The van der Waals surface area contributed by atoms with Gasteiger partial charge in [0.2, 0.25) is 0 Å². The van der Waals surface area contributed by atoms with Crippen LogP contribution in [0.2, 0.25) is 0 Å². The SMILES string of the molecule is CCC(N)C(c1ccccc1)c1ccccc1C. The molecule has 2 aromatic rings. The second-order valence-electron chi connectivity index (χ2n) is 4.82. The van der Waals surface area contributed by atoms with Gasteiger partial charge in [0.25, 0.3) is 0 Å². The quantitative estimate of drug-likeness (QED) is 0.861. The molecule has 0 aliphatic heterocycles. The molecule has 0 fully saturated rings. The molecule has 1 heteroatoms. The molecule has 0 aliphatic carbocycles. The summed E-state index contributed by atoms with van der Waals surface area (Å²) in [6, 6.07) is 19.3. The fourth-order valence-electron chi connectivity index (χ4n) is 2.49. The molecule has 0 heterocycles. The standard InChI is InChI=1S/C17H21N/c1-3-16(18)17(14-10-5-4-6-11-14)15-12-8-7-9-13(15)2/h4-12,16-17H,3,18H2,1-2H3. The van der Waals surface area contributed by atoms with Crippen LogP contribution in [-0.4, -0.2) is 6.04 Å². The van der Waals surface area contributed by atoms with Gasteiger partial charge >= 0.3 is 0 Å². The molecule has 2 rings (SSSR count). The van der Waals surface area contributed by atoms with Crippen molar-refractivity contribution in [2.24, 2.45) is 5.73 Å². The van der Waals surface area contributed by atoms with Gasteiger partial charge in [-0.15, -0.1) is 0 Å². The van der Waals surface area contributed by atoms with E-state index in [-0.39, 0.29) is 12.0 Å². The molecule has 2 aromatic carbocycles. The van der Waals surface area contributed by atoms with E-state index in [1.807, 2.05) is 0 Å². The lowest BCUT2D eigenvalue weighted by Crippen LogP contribution is -2.28. The maximum Gasteiger partial charge on any atom is 0.0243 e. The first kappa shape index (κ1) is 12.8. The number of aryl methyl sites for hydroxylation is 1. The Labute approximate surface area is 110 Å². The maximum absolute atomic E-state index is 6.35. The summed E-state index contributed by atoms with van der Waals surface area (Å²) in [5, 5.41) is 0. The first-order valence-corrected chi connectivity index (χ1v) is 6.60. The molecular formula is C17H21N. The van der Waals surface area contributed by atoms with Crippen molar-refractivity contribution in [2.45, 2.75) is 32.2 Å². The zero-order chi connectivity index (χ0) is 13.0. The molecule has 18 heavy (non-hydrogen) atoms. The van der Waals surface area contributed by atoms with Crippen molar-refractivity contribution in [1.29, 1.82) is 0 Å². The van der Waals surface area contributed by atoms with E-state index in [0.29, 0.717) is 0 Å². The molecule has 94 valence electrons. The summed E-state index contributed by atoms with van der Waals surface area (Å²) in [4.78, 5) is 0. The molecule has 0 bridgehead atoms. The summed E-state index contributed by atoms with van der Waals surface area (Å²) >= 11 is 0. The fraction of sp³-hybridized carbons (Fsp3) is 0.294. The molecule has 2 atom stereocenters. The monoisotopic (exact) mass is 239 g/mol. The lowest BCUT2D eigenvalue weighted by molar-refractivity contribution is 0.574. The van der Waals surface area contributed by atoms with Crippen molar-refractivity contribution in [3.63, 3.8) is 0 Å². The highest BCUT2D eigenvalue weighted by Crippen LogP contribution is 2.30. The Hall–Kier alpha value is -1.60. The summed E-state index contributed by atoms with van der Waals surface area (Å²) in [6.07, 6.45) is 0.980. The topological polar surface area (TPSA) is 26.0 Å². The number of hydrogen-bond acceptors (Lipinski definition) is 1. The van der Waals surface area contributed by atoms with Gasteiger partial charge in [-0.2, -0.15) is 0 Å². The summed E-state index contributed by atoms with van der Waals surface area (Å²) < 4.78 is 0. The first-order chi connectivity index (χ1) is 8.74. The fourth-order valence-corrected chi connectivity index (χ4v) is 2.49. The molecule has 0 radical (unpaired) electrons. The maximum atomic E-state index is 6.35. The zero-order valence-corrected chi connectivity index (χ0v) is 11.1. The van der Waals surface area contributed by atoms with Crippen LogP contribution in [0.15, 0.2) is 54.6 Å². The predicted octanol–water partition coefficient (Wildman–Crippen LogP) is 3.86. The van der Waals surface area contributed by atoms with Crippen LogP contribution < -0.4 is 5.73 Å². The molecule has 2 N–H and O–H groups in total. The van der Waals surface area contributed by atoms with Crippen molar-refractivity contribution in [3.05, 3.63) is 71.3 Å². The van der Waals surface area contributed by atoms with Gasteiger partial charge in [-0.05, 0) is 30.0 Å². The Morgan fingerprint density at radius 1 is 0.944 bits per heavy atom. The van der Waals surface area contributed by atoms with Gasteiger partial charge in [-0.25, -0.2) is 0 Å². The van der Waals surface area contributed by atoms with Crippen molar-refractivity contribution < 1.29 is 0 Å². The third-order valence-electron chi connectivity index (χ3n) is 3.58. The summed E-state index contributed by atoms with van der Waals surface area (Å²) in [5.74, 6) is 0.289. The molecule has 0 aliphatic rings. The van der Waals surface area contributed by atoms with Crippen molar-refractivity contribution in [1.82, 2.24) is 0 Å². The number of rotatable bonds is 4. The van der Waals surface area contributed by atoms with Crippen molar-refractivity contribution >= 4 is 0 Å². The van der Waals surface area contributed by atoms with E-state index in [1.165, 1.54) is 16.7 Å². The van der Waals surface area contributed by atoms with E-state index in [9.17, 15) is 0 Å². The van der Waals surface area contributed by atoms with Crippen LogP contribution >= 0.6 is 0 Å². The van der Waals surface area contributed by atoms with Crippen LogP contribution in [0.5, 0.6) is 0 Å². The second-order valence-corrected chi connectivity index (χ2v) is 4.82. The van der Waals surface area contributed by atoms with Gasteiger partial charge in [0.05, 0.1) is 0 Å². The molecular weight excluding hydrogens is 218 g/mol. The van der Waals surface area contributed by atoms with E-state index in [1.54, 1.807) is 0 Å². The summed E-state index contributed by atoms with van der Waals surface area (Å²) in [5.41, 5.74) is 10.3. The van der Waals surface area contributed by atoms with Gasteiger partial charge in [0.1, 0.15) is 0 Å². The van der Waals surface area contributed by atoms with Crippen LogP contribution in [0.1, 0.15) is 36.0 Å². The third kappa shape index (κ3) is 2.62. The molecule has 1 nitrogen and oxygen atoms in total. The predicted molar refractivity (Wildman–Crippen MR) is 77.7 cm³/mol. The minimum atomic E-state index is 0.161. The van der Waals surface area contributed by atoms with Gasteiger partial charge in [-0.3, -0.25) is 0 Å². The lowest BCUT2D eigenvalue weighted by Gasteiger charge is -2.25. The molecule has 0 spiro atoms. The first-order valence-electron chi connectivity index (χ1n) is 6.60. The zero-order valence-electron chi connectivity index (χ0n) is 11.1. The number of hydrogen-bond donors (Lipinski definition) is 1. The normalized spacial score (nSPS) is 14.2. The van der Waals surface area contributed by atoms with Crippen LogP contribution in [0.3, 0.4) is 0 Å². The van der Waals surface area contributed by atoms with E-state index < -0.39 is 0 Å². The summed E-state index contributed by atoms with van der Waals surface area (Å²) in [7, 11) is 0. The van der Waals surface area contributed by atoms with Gasteiger partial charge in [0.15, 0.2) is 0 Å². The average molecular weight is 239 g/mol. The molecule has 2 unspecified atom stereocenters. The highest BCUT2D eigenvalue weighted by atomic mass is 14.6.